The third-order valence-electron chi connectivity index (χ3n) is 1.73. The van der Waals surface area contributed by atoms with E-state index in [9.17, 15) is 0 Å². The van der Waals surface area contributed by atoms with Crippen molar-refractivity contribution in [2.75, 3.05) is 5.73 Å². The molecule has 13 heavy (non-hydrogen) atoms. The maximum Gasteiger partial charge on any atom is 0.159 e. The Morgan fingerprint density at radius 2 is 2.23 bits per heavy atom. The highest BCUT2D eigenvalue weighted by Crippen LogP contribution is 2.15. The molecule has 0 unspecified atom stereocenters. The Morgan fingerprint density at radius 1 is 1.38 bits per heavy atom. The molecule has 5 nitrogen and oxygen atoms in total. The minimum Gasteiger partial charge on any atom is -0.397 e. The number of hydrogen-bond acceptors (Lipinski definition) is 4. The number of aromatic nitrogens is 4. The number of rotatable bonds is 1. The zero-order chi connectivity index (χ0) is 9.26. The fourth-order valence-corrected chi connectivity index (χ4v) is 1.14. The lowest BCUT2D eigenvalue weighted by Crippen LogP contribution is -1.96. The van der Waals surface area contributed by atoms with Crippen LogP contribution in [0.4, 0.5) is 5.69 Å². The molecule has 2 aromatic heterocycles. The summed E-state index contributed by atoms with van der Waals surface area (Å²) in [6.07, 6.45) is 4.80. The van der Waals surface area contributed by atoms with Gasteiger partial charge in [0.2, 0.25) is 0 Å². The molecule has 2 heterocycles. The standard InChI is InChI=1S/C8H9N5/c1-13-8(11-5-12-13)6-2-7(9)4-10-3-6/h2-5H,9H2,1H3. The monoisotopic (exact) mass is 175 g/mol. The number of nitrogens with zero attached hydrogens (tertiary/aromatic N) is 4. The van der Waals surface area contributed by atoms with Crippen molar-refractivity contribution in [3.63, 3.8) is 0 Å². The summed E-state index contributed by atoms with van der Waals surface area (Å²) in [6.45, 7) is 0. The molecule has 0 amide bonds. The number of hydrogen-bond donors (Lipinski definition) is 1. The Kier molecular flexibility index (Phi) is 1.70. The van der Waals surface area contributed by atoms with E-state index in [1.807, 2.05) is 13.1 Å². The Morgan fingerprint density at radius 3 is 2.85 bits per heavy atom. The molecule has 2 aromatic rings. The molecule has 2 N–H and O–H groups in total. The second kappa shape index (κ2) is 2.85. The summed E-state index contributed by atoms with van der Waals surface area (Å²) in [6, 6.07) is 1.82. The second-order valence-corrected chi connectivity index (χ2v) is 2.71. The zero-order valence-electron chi connectivity index (χ0n) is 7.18. The number of aryl methyl sites for hydroxylation is 1. The smallest absolute Gasteiger partial charge is 0.159 e. The van der Waals surface area contributed by atoms with Crippen LogP contribution in [0.15, 0.2) is 24.8 Å². The molecule has 0 radical (unpaired) electrons. The van der Waals surface area contributed by atoms with Crippen LogP contribution in [-0.2, 0) is 7.05 Å². The first-order chi connectivity index (χ1) is 6.27. The number of nitrogens with two attached hydrogens (primary N) is 1. The molecule has 0 aliphatic carbocycles. The molecule has 0 fully saturated rings. The Hall–Kier alpha value is -1.91. The van der Waals surface area contributed by atoms with Gasteiger partial charge in [0.15, 0.2) is 5.82 Å². The van der Waals surface area contributed by atoms with Gasteiger partial charge in [-0.15, -0.1) is 0 Å². The molecule has 0 aliphatic heterocycles. The first-order valence-electron chi connectivity index (χ1n) is 3.82. The quantitative estimate of drug-likeness (QED) is 0.683. The molecule has 0 saturated heterocycles. The van der Waals surface area contributed by atoms with Crippen molar-refractivity contribution >= 4 is 5.69 Å². The van der Waals surface area contributed by atoms with Gasteiger partial charge in [-0.05, 0) is 6.07 Å². The van der Waals surface area contributed by atoms with Crippen LogP contribution in [-0.4, -0.2) is 19.7 Å². The van der Waals surface area contributed by atoms with Gasteiger partial charge in [-0.1, -0.05) is 0 Å². The van der Waals surface area contributed by atoms with E-state index in [4.69, 9.17) is 5.73 Å². The number of anilines is 1. The highest BCUT2D eigenvalue weighted by molar-refractivity contribution is 5.58. The van der Waals surface area contributed by atoms with Crippen molar-refractivity contribution in [2.24, 2.45) is 7.05 Å². The van der Waals surface area contributed by atoms with Gasteiger partial charge in [0, 0.05) is 25.0 Å². The summed E-state index contributed by atoms with van der Waals surface area (Å²) < 4.78 is 1.68. The van der Waals surface area contributed by atoms with Crippen molar-refractivity contribution in [1.82, 2.24) is 19.7 Å². The van der Waals surface area contributed by atoms with Crippen LogP contribution in [0.25, 0.3) is 11.4 Å². The lowest BCUT2D eigenvalue weighted by atomic mass is 10.2. The summed E-state index contributed by atoms with van der Waals surface area (Å²) in [4.78, 5) is 8.06. The lowest BCUT2D eigenvalue weighted by Gasteiger charge is -1.99. The van der Waals surface area contributed by atoms with E-state index in [-0.39, 0.29) is 0 Å². The maximum absolute atomic E-state index is 5.59. The van der Waals surface area contributed by atoms with Crippen molar-refractivity contribution < 1.29 is 0 Å². The summed E-state index contributed by atoms with van der Waals surface area (Å²) in [7, 11) is 1.82. The van der Waals surface area contributed by atoms with E-state index in [0.29, 0.717) is 5.69 Å². The molecule has 5 heteroatoms. The predicted molar refractivity (Wildman–Crippen MR) is 48.6 cm³/mol. The third kappa shape index (κ3) is 1.35. The zero-order valence-corrected chi connectivity index (χ0v) is 7.18. The van der Waals surface area contributed by atoms with Crippen LogP contribution in [0.2, 0.25) is 0 Å². The first kappa shape index (κ1) is 7.72. The van der Waals surface area contributed by atoms with Gasteiger partial charge in [-0.25, -0.2) is 9.67 Å². The highest BCUT2D eigenvalue weighted by atomic mass is 15.3. The van der Waals surface area contributed by atoms with Crippen molar-refractivity contribution in [3.05, 3.63) is 24.8 Å². The largest absolute Gasteiger partial charge is 0.397 e. The second-order valence-electron chi connectivity index (χ2n) is 2.71. The van der Waals surface area contributed by atoms with E-state index in [0.717, 1.165) is 11.4 Å². The normalized spacial score (nSPS) is 10.2. The molecule has 0 aromatic carbocycles. The number of pyridine rings is 1. The Bertz CT molecular complexity index is 420. The SMILES string of the molecule is Cn1ncnc1-c1cncc(N)c1. The van der Waals surface area contributed by atoms with Gasteiger partial charge in [0.25, 0.3) is 0 Å². The van der Waals surface area contributed by atoms with Crippen LogP contribution in [0.1, 0.15) is 0 Å². The molecular weight excluding hydrogens is 166 g/mol. The maximum atomic E-state index is 5.59. The van der Waals surface area contributed by atoms with E-state index < -0.39 is 0 Å². The van der Waals surface area contributed by atoms with Crippen LogP contribution >= 0.6 is 0 Å². The van der Waals surface area contributed by atoms with Crippen molar-refractivity contribution in [2.45, 2.75) is 0 Å². The lowest BCUT2D eigenvalue weighted by molar-refractivity contribution is 0.774. The molecule has 66 valence electrons. The Labute approximate surface area is 75.2 Å². The minimum atomic E-state index is 0.625. The molecule has 0 bridgehead atoms. The van der Waals surface area contributed by atoms with Crippen LogP contribution < -0.4 is 5.73 Å². The third-order valence-corrected chi connectivity index (χ3v) is 1.73. The average molecular weight is 175 g/mol. The fraction of sp³-hybridized carbons (Fsp3) is 0.125. The summed E-state index contributed by atoms with van der Waals surface area (Å²) in [5.74, 6) is 0.764. The number of nitrogen functional groups attached to an aromatic ring is 1. The molecule has 0 aliphatic rings. The predicted octanol–water partition coefficient (Wildman–Crippen LogP) is 0.459. The van der Waals surface area contributed by atoms with Gasteiger partial charge in [0.1, 0.15) is 6.33 Å². The molecule has 0 saturated carbocycles. The summed E-state index contributed by atoms with van der Waals surface area (Å²) in [5.41, 5.74) is 7.10. The van der Waals surface area contributed by atoms with Crippen LogP contribution in [0.5, 0.6) is 0 Å². The summed E-state index contributed by atoms with van der Waals surface area (Å²) in [5, 5.41) is 3.96. The van der Waals surface area contributed by atoms with Gasteiger partial charge < -0.3 is 5.73 Å². The van der Waals surface area contributed by atoms with Crippen LogP contribution in [0, 0.1) is 0 Å². The Balaban J connectivity index is 2.53. The van der Waals surface area contributed by atoms with Gasteiger partial charge >= 0.3 is 0 Å². The fourth-order valence-electron chi connectivity index (χ4n) is 1.14. The molecular formula is C8H9N5. The van der Waals surface area contributed by atoms with Crippen molar-refractivity contribution in [3.8, 4) is 11.4 Å². The summed E-state index contributed by atoms with van der Waals surface area (Å²) >= 11 is 0. The first-order valence-corrected chi connectivity index (χ1v) is 3.82. The topological polar surface area (TPSA) is 69.6 Å². The van der Waals surface area contributed by atoms with Gasteiger partial charge in [-0.2, -0.15) is 5.10 Å². The van der Waals surface area contributed by atoms with Gasteiger partial charge in [-0.3, -0.25) is 4.98 Å². The van der Waals surface area contributed by atoms with E-state index in [1.165, 1.54) is 6.33 Å². The van der Waals surface area contributed by atoms with E-state index in [2.05, 4.69) is 15.1 Å². The van der Waals surface area contributed by atoms with Crippen LogP contribution in [0.3, 0.4) is 0 Å². The molecule has 0 spiro atoms. The average Bonchev–Trinajstić information content (AvgIpc) is 2.51. The molecule has 0 atom stereocenters. The van der Waals surface area contributed by atoms with E-state index >= 15 is 0 Å². The molecule has 2 rings (SSSR count). The van der Waals surface area contributed by atoms with Gasteiger partial charge in [0.05, 0.1) is 5.69 Å². The highest BCUT2D eigenvalue weighted by Gasteiger charge is 2.03. The van der Waals surface area contributed by atoms with E-state index in [1.54, 1.807) is 17.1 Å². The minimum absolute atomic E-state index is 0.625. The van der Waals surface area contributed by atoms with Crippen molar-refractivity contribution in [1.29, 1.82) is 0 Å².